The summed E-state index contributed by atoms with van der Waals surface area (Å²) in [6.07, 6.45) is 4.99. The molecule has 0 aromatic heterocycles. The van der Waals surface area contributed by atoms with E-state index in [1.165, 1.54) is 19.3 Å². The van der Waals surface area contributed by atoms with E-state index < -0.39 is 0 Å². The number of hydrogen-bond donors (Lipinski definition) is 0. The standard InChI is InChI=1S/C7H11.Li/c1-3-5-7-6-4-2;/h3,5-7H2,1H3;. The summed E-state index contributed by atoms with van der Waals surface area (Å²) in [7, 11) is 0. The van der Waals surface area contributed by atoms with Gasteiger partial charge in [0.25, 0.3) is 0 Å². The van der Waals surface area contributed by atoms with Crippen LogP contribution < -0.4 is 0 Å². The van der Waals surface area contributed by atoms with Crippen LogP contribution in [0.15, 0.2) is 0 Å². The molecule has 0 aliphatic rings. The molecule has 0 saturated carbocycles. The second kappa shape index (κ2) is 7.16. The van der Waals surface area contributed by atoms with Gasteiger partial charge in [0, 0.05) is 0 Å². The first-order valence-electron chi connectivity index (χ1n) is 3.31. The van der Waals surface area contributed by atoms with Gasteiger partial charge in [0.15, 0.2) is 0 Å². The van der Waals surface area contributed by atoms with Crippen LogP contribution in [0.1, 0.15) is 32.6 Å². The van der Waals surface area contributed by atoms with E-state index >= 15 is 0 Å². The first kappa shape index (κ1) is 8.16. The Bertz CT molecular complexity index is 86.3. The zero-order valence-corrected chi connectivity index (χ0v) is 5.83. The molecule has 0 spiro atoms. The fourth-order valence-electron chi connectivity index (χ4n) is 0.588. The summed E-state index contributed by atoms with van der Waals surface area (Å²) in [6.45, 7) is 2.21. The molecule has 8 heavy (non-hydrogen) atoms. The Morgan fingerprint density at radius 3 is 2.62 bits per heavy atom. The third kappa shape index (κ3) is 6.16. The molecule has 0 N–H and O–H groups in total. The summed E-state index contributed by atoms with van der Waals surface area (Å²) < 4.78 is 2.88. The van der Waals surface area contributed by atoms with Crippen LogP contribution in [0.2, 0.25) is 0 Å². The third-order valence-corrected chi connectivity index (χ3v) is 1.08. The van der Waals surface area contributed by atoms with Crippen molar-refractivity contribution in [2.24, 2.45) is 0 Å². The van der Waals surface area contributed by atoms with Crippen LogP contribution in [0.4, 0.5) is 0 Å². The summed E-state index contributed by atoms with van der Waals surface area (Å²) in [4.78, 5) is 0. The topological polar surface area (TPSA) is 0 Å². The van der Waals surface area contributed by atoms with E-state index in [0.29, 0.717) is 0 Å². The fourth-order valence-corrected chi connectivity index (χ4v) is 0.588. The minimum atomic E-state index is 1.09. The van der Waals surface area contributed by atoms with Crippen molar-refractivity contribution >= 4 is 17.7 Å². The van der Waals surface area contributed by atoms with E-state index in [4.69, 9.17) is 0 Å². The Morgan fingerprint density at radius 1 is 1.38 bits per heavy atom. The minimum absolute atomic E-state index is 1.09. The van der Waals surface area contributed by atoms with Gasteiger partial charge in [-0.1, -0.05) is 0 Å². The molecule has 0 rings (SSSR count). The second-order valence-corrected chi connectivity index (χ2v) is 1.88. The van der Waals surface area contributed by atoms with Crippen LogP contribution in [-0.2, 0) is 0 Å². The molecule has 0 bridgehead atoms. The molecule has 1 heteroatoms. The van der Waals surface area contributed by atoms with Crippen LogP contribution >= 0.6 is 0 Å². The van der Waals surface area contributed by atoms with Gasteiger partial charge in [0.05, 0.1) is 0 Å². The summed E-state index contributed by atoms with van der Waals surface area (Å²) in [6, 6.07) is 0. The van der Waals surface area contributed by atoms with Crippen molar-refractivity contribution in [3.05, 3.63) is 0 Å². The first-order chi connectivity index (χ1) is 3.91. The van der Waals surface area contributed by atoms with Crippen LogP contribution in [0.3, 0.4) is 0 Å². The quantitative estimate of drug-likeness (QED) is 0.289. The predicted octanol–water partition coefficient (Wildman–Crippen LogP) is 1.70. The molecule has 0 saturated heterocycles. The van der Waals surface area contributed by atoms with Crippen LogP contribution in [-0.4, -0.2) is 17.7 Å². The molecule has 0 heterocycles. The first-order valence-corrected chi connectivity index (χ1v) is 3.31. The van der Waals surface area contributed by atoms with Crippen molar-refractivity contribution in [1.82, 2.24) is 0 Å². The Balaban J connectivity index is 2.79. The summed E-state index contributed by atoms with van der Waals surface area (Å²) in [5, 5.41) is 0. The molecule has 0 aromatic carbocycles. The molecular formula is C7H11Li. The number of rotatable bonds is 3. The zero-order chi connectivity index (χ0) is 6.24. The predicted molar refractivity (Wildman–Crippen MR) is 37.7 cm³/mol. The van der Waals surface area contributed by atoms with Gasteiger partial charge in [-0.05, 0) is 0 Å². The van der Waals surface area contributed by atoms with E-state index in [1.54, 1.807) is 0 Å². The van der Waals surface area contributed by atoms with Crippen LogP contribution in [0, 0.1) is 10.5 Å². The molecule has 0 aliphatic carbocycles. The van der Waals surface area contributed by atoms with Gasteiger partial charge in [-0.2, -0.15) is 0 Å². The fraction of sp³-hybridized carbons (Fsp3) is 0.714. The van der Waals surface area contributed by atoms with E-state index in [9.17, 15) is 0 Å². The van der Waals surface area contributed by atoms with Gasteiger partial charge in [-0.15, -0.1) is 0 Å². The van der Waals surface area contributed by atoms with Crippen LogP contribution in [0.25, 0.3) is 0 Å². The van der Waals surface area contributed by atoms with Gasteiger partial charge in [-0.25, -0.2) is 0 Å². The molecule has 0 aliphatic heterocycles. The number of hydrogen-bond acceptors (Lipinski definition) is 0. The summed E-state index contributed by atoms with van der Waals surface area (Å²) >= 11 is 1.89. The second-order valence-electron chi connectivity index (χ2n) is 1.88. The molecule has 0 radical (unpaired) electrons. The van der Waals surface area contributed by atoms with Gasteiger partial charge >= 0.3 is 60.8 Å². The van der Waals surface area contributed by atoms with Gasteiger partial charge in [0.1, 0.15) is 0 Å². The van der Waals surface area contributed by atoms with Crippen molar-refractivity contribution in [1.29, 1.82) is 0 Å². The third-order valence-electron chi connectivity index (χ3n) is 1.08. The van der Waals surface area contributed by atoms with E-state index in [2.05, 4.69) is 17.4 Å². The van der Waals surface area contributed by atoms with Crippen molar-refractivity contribution < 1.29 is 0 Å². The molecule has 0 atom stereocenters. The summed E-state index contributed by atoms with van der Waals surface area (Å²) in [5.74, 6) is 3.03. The van der Waals surface area contributed by atoms with Crippen molar-refractivity contribution in [3.63, 3.8) is 0 Å². The Hall–Kier alpha value is 0.157. The summed E-state index contributed by atoms with van der Waals surface area (Å²) in [5.41, 5.74) is 0. The molecular weight excluding hydrogens is 91.0 g/mol. The maximum absolute atomic E-state index is 3.03. The van der Waals surface area contributed by atoms with Crippen molar-refractivity contribution in [2.45, 2.75) is 32.6 Å². The Labute approximate surface area is 61.3 Å². The average molecular weight is 102 g/mol. The molecule has 0 fully saturated rings. The Morgan fingerprint density at radius 2 is 2.12 bits per heavy atom. The Kier molecular flexibility index (Phi) is 7.30. The zero-order valence-electron chi connectivity index (χ0n) is 5.83. The normalized spacial score (nSPS) is 7.88. The van der Waals surface area contributed by atoms with E-state index in [0.717, 1.165) is 6.42 Å². The van der Waals surface area contributed by atoms with Crippen molar-refractivity contribution in [3.8, 4) is 10.5 Å². The monoisotopic (exact) mass is 102 g/mol. The van der Waals surface area contributed by atoms with E-state index in [1.807, 2.05) is 17.7 Å². The van der Waals surface area contributed by atoms with Crippen molar-refractivity contribution in [2.75, 3.05) is 0 Å². The SMILES string of the molecule is [Li][C]#CCCCCC. The maximum atomic E-state index is 3.03. The van der Waals surface area contributed by atoms with Gasteiger partial charge in [-0.3, -0.25) is 0 Å². The van der Waals surface area contributed by atoms with E-state index in [-0.39, 0.29) is 0 Å². The number of unbranched alkanes of at least 4 members (excludes halogenated alkanes) is 3. The molecule has 0 aromatic rings. The molecule has 40 valence electrons. The molecule has 0 amide bonds. The molecule has 0 unspecified atom stereocenters. The molecule has 0 nitrogen and oxygen atoms in total. The van der Waals surface area contributed by atoms with Gasteiger partial charge in [0.2, 0.25) is 0 Å². The average Bonchev–Trinajstić information content (AvgIpc) is 1.81. The van der Waals surface area contributed by atoms with Crippen LogP contribution in [0.5, 0.6) is 0 Å². The van der Waals surface area contributed by atoms with Gasteiger partial charge < -0.3 is 0 Å².